The van der Waals surface area contributed by atoms with Crippen molar-refractivity contribution in [2.24, 2.45) is 0 Å². The number of amides is 1. The molecule has 108 valence electrons. The summed E-state index contributed by atoms with van der Waals surface area (Å²) in [5.74, 6) is -1.58. The number of aromatic hydroxyl groups is 1. The van der Waals surface area contributed by atoms with Crippen LogP contribution in [0, 0.1) is 10.5 Å². The minimum Gasteiger partial charge on any atom is -0.508 e. The van der Waals surface area contributed by atoms with Gasteiger partial charge in [0.15, 0.2) is 0 Å². The third-order valence-electron chi connectivity index (χ3n) is 2.93. The van der Waals surface area contributed by atoms with E-state index < -0.39 is 11.9 Å². The zero-order valence-corrected chi connectivity index (χ0v) is 13.2. The molecule has 0 spiro atoms. The molecule has 6 heteroatoms. The summed E-state index contributed by atoms with van der Waals surface area (Å²) in [4.78, 5) is 23.3. The van der Waals surface area contributed by atoms with Gasteiger partial charge in [-0.3, -0.25) is 4.79 Å². The van der Waals surface area contributed by atoms with Gasteiger partial charge in [0.05, 0.1) is 11.3 Å². The van der Waals surface area contributed by atoms with E-state index in [2.05, 4.69) is 5.32 Å². The zero-order valence-electron chi connectivity index (χ0n) is 11.1. The van der Waals surface area contributed by atoms with Crippen molar-refractivity contribution in [3.63, 3.8) is 0 Å². The number of hydrogen-bond donors (Lipinski definition) is 3. The molecule has 0 aliphatic rings. The molecule has 0 bridgehead atoms. The van der Waals surface area contributed by atoms with E-state index in [1.807, 2.05) is 22.6 Å². The van der Waals surface area contributed by atoms with E-state index in [4.69, 9.17) is 5.11 Å². The summed E-state index contributed by atoms with van der Waals surface area (Å²) in [5, 5.41) is 21.3. The molecule has 0 aliphatic heterocycles. The van der Waals surface area contributed by atoms with Gasteiger partial charge >= 0.3 is 5.97 Å². The molecule has 1 amide bonds. The number of halogens is 1. The average Bonchev–Trinajstić information content (AvgIpc) is 2.43. The van der Waals surface area contributed by atoms with Gasteiger partial charge in [0.1, 0.15) is 5.75 Å². The van der Waals surface area contributed by atoms with Gasteiger partial charge in [-0.05, 0) is 65.4 Å². The van der Waals surface area contributed by atoms with Crippen molar-refractivity contribution < 1.29 is 19.8 Å². The maximum Gasteiger partial charge on any atom is 0.337 e. The highest BCUT2D eigenvalue weighted by Crippen LogP contribution is 2.22. The van der Waals surface area contributed by atoms with Gasteiger partial charge in [0, 0.05) is 9.13 Å². The maximum atomic E-state index is 12.1. The Kier molecular flexibility index (Phi) is 4.46. The van der Waals surface area contributed by atoms with Gasteiger partial charge in [-0.25, -0.2) is 4.79 Å². The lowest BCUT2D eigenvalue weighted by Gasteiger charge is -2.09. The number of benzene rings is 2. The van der Waals surface area contributed by atoms with E-state index in [-0.39, 0.29) is 22.6 Å². The summed E-state index contributed by atoms with van der Waals surface area (Å²) in [6.07, 6.45) is 0. The molecule has 0 saturated carbocycles. The van der Waals surface area contributed by atoms with E-state index in [1.165, 1.54) is 18.2 Å². The Morgan fingerprint density at radius 3 is 2.48 bits per heavy atom. The number of aromatic carboxylic acids is 1. The highest BCUT2D eigenvalue weighted by molar-refractivity contribution is 14.1. The van der Waals surface area contributed by atoms with Crippen molar-refractivity contribution in [1.82, 2.24) is 0 Å². The summed E-state index contributed by atoms with van der Waals surface area (Å²) in [5.41, 5.74) is 1.15. The minimum atomic E-state index is -1.12. The third-order valence-corrected chi connectivity index (χ3v) is 3.60. The molecule has 2 aromatic carbocycles. The van der Waals surface area contributed by atoms with Gasteiger partial charge < -0.3 is 15.5 Å². The van der Waals surface area contributed by atoms with Crippen LogP contribution < -0.4 is 5.32 Å². The van der Waals surface area contributed by atoms with Crippen molar-refractivity contribution >= 4 is 40.2 Å². The highest BCUT2D eigenvalue weighted by atomic mass is 127. The number of carboxylic acids is 1. The summed E-state index contributed by atoms with van der Waals surface area (Å²) < 4.78 is 0.760. The first-order valence-corrected chi connectivity index (χ1v) is 7.10. The third kappa shape index (κ3) is 3.52. The minimum absolute atomic E-state index is 0.0173. The second-order valence-electron chi connectivity index (χ2n) is 4.45. The smallest absolute Gasteiger partial charge is 0.337 e. The number of hydrogen-bond acceptors (Lipinski definition) is 3. The first kappa shape index (κ1) is 15.3. The fourth-order valence-electron chi connectivity index (χ4n) is 1.75. The standard InChI is InChI=1S/C15H12INO4/c1-8-2-3-9(6-13(8)18)14(19)17-12-5-4-10(16)7-11(12)15(20)21/h2-7,18H,1H3,(H,17,19)(H,20,21). The molecule has 0 heterocycles. The largest absolute Gasteiger partial charge is 0.508 e. The van der Waals surface area contributed by atoms with Crippen molar-refractivity contribution in [3.8, 4) is 5.75 Å². The zero-order chi connectivity index (χ0) is 15.6. The van der Waals surface area contributed by atoms with Crippen molar-refractivity contribution in [2.75, 3.05) is 5.32 Å². The summed E-state index contributed by atoms with van der Waals surface area (Å²) in [6.45, 7) is 1.72. The number of anilines is 1. The topological polar surface area (TPSA) is 86.6 Å². The second-order valence-corrected chi connectivity index (χ2v) is 5.70. The number of phenolic OH excluding ortho intramolecular Hbond substituents is 1. The monoisotopic (exact) mass is 397 g/mol. The Labute approximate surface area is 134 Å². The first-order chi connectivity index (χ1) is 9.88. The molecule has 0 radical (unpaired) electrons. The van der Waals surface area contributed by atoms with Gasteiger partial charge in [0.25, 0.3) is 5.91 Å². The number of phenols is 1. The molecule has 0 aliphatic carbocycles. The van der Waals surface area contributed by atoms with Crippen molar-refractivity contribution in [2.45, 2.75) is 6.92 Å². The van der Waals surface area contributed by atoms with Gasteiger partial charge in [-0.1, -0.05) is 6.07 Å². The molecule has 2 rings (SSSR count). The molecule has 3 N–H and O–H groups in total. The first-order valence-electron chi connectivity index (χ1n) is 6.02. The van der Waals surface area contributed by atoms with E-state index >= 15 is 0 Å². The van der Waals surface area contributed by atoms with Crippen LogP contribution in [0.5, 0.6) is 5.75 Å². The highest BCUT2D eigenvalue weighted by Gasteiger charge is 2.14. The van der Waals surface area contributed by atoms with Gasteiger partial charge in [0.2, 0.25) is 0 Å². The molecule has 5 nitrogen and oxygen atoms in total. The Morgan fingerprint density at radius 1 is 1.14 bits per heavy atom. The van der Waals surface area contributed by atoms with E-state index in [0.29, 0.717) is 5.56 Å². The van der Waals surface area contributed by atoms with Crippen molar-refractivity contribution in [3.05, 3.63) is 56.7 Å². The lowest BCUT2D eigenvalue weighted by molar-refractivity contribution is 0.0698. The van der Waals surface area contributed by atoms with Crippen molar-refractivity contribution in [1.29, 1.82) is 0 Å². The predicted molar refractivity (Wildman–Crippen MR) is 86.9 cm³/mol. The van der Waals surface area contributed by atoms with Crippen LogP contribution in [0.1, 0.15) is 26.3 Å². The summed E-state index contributed by atoms with van der Waals surface area (Å²) in [6, 6.07) is 9.25. The Morgan fingerprint density at radius 2 is 1.86 bits per heavy atom. The molecule has 0 fully saturated rings. The molecular weight excluding hydrogens is 385 g/mol. The van der Waals surface area contributed by atoms with Crippen LogP contribution in [0.4, 0.5) is 5.69 Å². The molecule has 0 aromatic heterocycles. The molecule has 0 atom stereocenters. The van der Waals surface area contributed by atoms with E-state index in [0.717, 1.165) is 3.57 Å². The lowest BCUT2D eigenvalue weighted by Crippen LogP contribution is -2.15. The molecule has 0 unspecified atom stereocenters. The number of aryl methyl sites for hydroxylation is 1. The van der Waals surface area contributed by atoms with E-state index in [1.54, 1.807) is 25.1 Å². The summed E-state index contributed by atoms with van der Waals surface area (Å²) >= 11 is 2.00. The maximum absolute atomic E-state index is 12.1. The van der Waals surface area contributed by atoms with Crippen LogP contribution in [0.3, 0.4) is 0 Å². The SMILES string of the molecule is Cc1ccc(C(=O)Nc2ccc(I)cc2C(=O)O)cc1O. The van der Waals surface area contributed by atoms with Gasteiger partial charge in [-0.2, -0.15) is 0 Å². The summed E-state index contributed by atoms with van der Waals surface area (Å²) in [7, 11) is 0. The molecule has 2 aromatic rings. The second kappa shape index (κ2) is 6.13. The average molecular weight is 397 g/mol. The fraction of sp³-hybridized carbons (Fsp3) is 0.0667. The molecular formula is C15H12INO4. The van der Waals surface area contributed by atoms with Crippen LogP contribution >= 0.6 is 22.6 Å². The predicted octanol–water partition coefficient (Wildman–Crippen LogP) is 3.26. The van der Waals surface area contributed by atoms with E-state index in [9.17, 15) is 14.7 Å². The number of carbonyl (C=O) groups is 2. The lowest BCUT2D eigenvalue weighted by atomic mass is 10.1. The fourth-order valence-corrected chi connectivity index (χ4v) is 2.24. The number of carbonyl (C=O) groups excluding carboxylic acids is 1. The van der Waals surface area contributed by atoms with Crippen LogP contribution in [-0.2, 0) is 0 Å². The van der Waals surface area contributed by atoms with Crippen LogP contribution in [0.15, 0.2) is 36.4 Å². The molecule has 0 saturated heterocycles. The normalized spacial score (nSPS) is 10.2. The Balaban J connectivity index is 2.31. The number of carboxylic acid groups (broad SMARTS) is 1. The van der Waals surface area contributed by atoms with Crippen LogP contribution in [-0.4, -0.2) is 22.1 Å². The van der Waals surface area contributed by atoms with Crippen LogP contribution in [0.25, 0.3) is 0 Å². The number of rotatable bonds is 3. The molecule has 21 heavy (non-hydrogen) atoms. The quantitative estimate of drug-likeness (QED) is 0.695. The Bertz CT molecular complexity index is 728. The number of nitrogens with one attached hydrogen (secondary N) is 1. The Hall–Kier alpha value is -2.09. The van der Waals surface area contributed by atoms with Crippen LogP contribution in [0.2, 0.25) is 0 Å². The van der Waals surface area contributed by atoms with Gasteiger partial charge in [-0.15, -0.1) is 0 Å².